The van der Waals surface area contributed by atoms with Crippen molar-refractivity contribution in [3.63, 3.8) is 0 Å². The minimum absolute atomic E-state index is 0.141. The van der Waals surface area contributed by atoms with E-state index in [2.05, 4.69) is 10.3 Å². The molecule has 0 saturated heterocycles. The SMILES string of the molecule is Cn1cc(C(=O)NCc2ccc3c(c2)OCO3)c2[nH]c(=O)n(Cc3ccccc3)c(=O)c21. The second kappa shape index (κ2) is 7.77. The number of aromatic amines is 1. The van der Waals surface area contributed by atoms with E-state index in [1.165, 1.54) is 0 Å². The first-order valence-corrected chi connectivity index (χ1v) is 10.0. The van der Waals surface area contributed by atoms with Crippen molar-refractivity contribution in [3.05, 3.63) is 92.3 Å². The van der Waals surface area contributed by atoms with Crippen LogP contribution in [0.15, 0.2) is 64.3 Å². The largest absolute Gasteiger partial charge is 0.454 e. The fraction of sp³-hybridized carbons (Fsp3) is 0.174. The molecular weight excluding hydrogens is 412 g/mol. The highest BCUT2D eigenvalue weighted by Crippen LogP contribution is 2.32. The summed E-state index contributed by atoms with van der Waals surface area (Å²) >= 11 is 0. The van der Waals surface area contributed by atoms with Gasteiger partial charge in [-0.3, -0.25) is 14.2 Å². The number of fused-ring (bicyclic) bond motifs is 2. The maximum atomic E-state index is 13.1. The Hall–Kier alpha value is -4.27. The van der Waals surface area contributed by atoms with Gasteiger partial charge in [-0.1, -0.05) is 36.4 Å². The summed E-state index contributed by atoms with van der Waals surface area (Å²) < 4.78 is 13.3. The van der Waals surface area contributed by atoms with Crippen LogP contribution in [0.3, 0.4) is 0 Å². The highest BCUT2D eigenvalue weighted by molar-refractivity contribution is 6.05. The fourth-order valence-corrected chi connectivity index (χ4v) is 3.82. The molecule has 2 aromatic carbocycles. The standard InChI is InChI=1S/C23H20N4O5/c1-26-12-16(21(28)24-10-15-7-8-17-18(9-15)32-13-31-17)19-20(26)22(29)27(23(30)25-19)11-14-5-3-2-4-6-14/h2-9,12H,10-11,13H2,1H3,(H,24,28)(H,25,30). The molecule has 4 aromatic rings. The summed E-state index contributed by atoms with van der Waals surface area (Å²) in [6, 6.07) is 14.7. The second-order valence-corrected chi connectivity index (χ2v) is 7.55. The Morgan fingerprint density at radius 1 is 1.06 bits per heavy atom. The molecule has 2 aromatic heterocycles. The van der Waals surface area contributed by atoms with E-state index in [9.17, 15) is 14.4 Å². The van der Waals surface area contributed by atoms with Gasteiger partial charge in [-0.05, 0) is 23.3 Å². The number of carbonyl (C=O) groups excluding carboxylic acids is 1. The second-order valence-electron chi connectivity index (χ2n) is 7.55. The molecule has 162 valence electrons. The van der Waals surface area contributed by atoms with Gasteiger partial charge in [0.15, 0.2) is 11.5 Å². The van der Waals surface area contributed by atoms with E-state index in [1.54, 1.807) is 29.9 Å². The molecule has 1 aliphatic rings. The molecule has 0 fully saturated rings. The van der Waals surface area contributed by atoms with E-state index in [1.807, 2.05) is 36.4 Å². The average molecular weight is 432 g/mol. The highest BCUT2D eigenvalue weighted by atomic mass is 16.7. The topological polar surface area (TPSA) is 107 Å². The van der Waals surface area contributed by atoms with E-state index in [-0.39, 0.29) is 36.5 Å². The number of ether oxygens (including phenoxy) is 2. The predicted molar refractivity (Wildman–Crippen MR) is 117 cm³/mol. The third-order valence-electron chi connectivity index (χ3n) is 5.42. The van der Waals surface area contributed by atoms with E-state index in [4.69, 9.17) is 9.47 Å². The van der Waals surface area contributed by atoms with Crippen molar-refractivity contribution in [3.8, 4) is 11.5 Å². The number of hydrogen-bond donors (Lipinski definition) is 2. The van der Waals surface area contributed by atoms with Crippen LogP contribution in [0.4, 0.5) is 0 Å². The lowest BCUT2D eigenvalue weighted by Crippen LogP contribution is -2.36. The molecule has 0 saturated carbocycles. The Balaban J connectivity index is 1.44. The molecule has 1 aliphatic heterocycles. The van der Waals surface area contributed by atoms with Crippen molar-refractivity contribution in [2.75, 3.05) is 6.79 Å². The van der Waals surface area contributed by atoms with Crippen molar-refractivity contribution >= 4 is 16.9 Å². The Kier molecular flexibility index (Phi) is 4.78. The van der Waals surface area contributed by atoms with Gasteiger partial charge in [0.2, 0.25) is 6.79 Å². The molecule has 1 amide bonds. The van der Waals surface area contributed by atoms with Gasteiger partial charge in [0.1, 0.15) is 5.52 Å². The van der Waals surface area contributed by atoms with Crippen LogP contribution in [-0.2, 0) is 20.1 Å². The zero-order valence-electron chi connectivity index (χ0n) is 17.3. The molecule has 5 rings (SSSR count). The molecule has 0 bridgehead atoms. The minimum atomic E-state index is -0.567. The lowest BCUT2D eigenvalue weighted by molar-refractivity contribution is 0.0952. The van der Waals surface area contributed by atoms with Gasteiger partial charge in [0.25, 0.3) is 11.5 Å². The number of nitrogens with zero attached hydrogens (tertiary/aromatic N) is 2. The first kappa shape index (κ1) is 19.7. The van der Waals surface area contributed by atoms with Gasteiger partial charge in [0, 0.05) is 19.8 Å². The Morgan fingerprint density at radius 3 is 2.66 bits per heavy atom. The summed E-state index contributed by atoms with van der Waals surface area (Å²) in [5.74, 6) is 0.896. The molecule has 9 nitrogen and oxygen atoms in total. The smallest absolute Gasteiger partial charge is 0.329 e. The van der Waals surface area contributed by atoms with Gasteiger partial charge in [-0.15, -0.1) is 0 Å². The van der Waals surface area contributed by atoms with Crippen molar-refractivity contribution in [1.29, 1.82) is 0 Å². The quantitative estimate of drug-likeness (QED) is 0.500. The number of benzene rings is 2. The molecule has 0 aliphatic carbocycles. The Morgan fingerprint density at radius 2 is 1.84 bits per heavy atom. The van der Waals surface area contributed by atoms with Crippen LogP contribution < -0.4 is 26.0 Å². The molecule has 0 radical (unpaired) electrons. The number of aromatic nitrogens is 3. The third-order valence-corrected chi connectivity index (χ3v) is 5.42. The van der Waals surface area contributed by atoms with E-state index < -0.39 is 17.2 Å². The molecule has 0 unspecified atom stereocenters. The predicted octanol–water partition coefficient (Wildman–Crippen LogP) is 1.74. The van der Waals surface area contributed by atoms with Crippen LogP contribution in [0, 0.1) is 0 Å². The maximum Gasteiger partial charge on any atom is 0.329 e. The number of hydrogen-bond acceptors (Lipinski definition) is 5. The summed E-state index contributed by atoms with van der Waals surface area (Å²) in [5, 5.41) is 2.83. The Labute approximate surface area is 181 Å². The van der Waals surface area contributed by atoms with Crippen molar-refractivity contribution < 1.29 is 14.3 Å². The fourth-order valence-electron chi connectivity index (χ4n) is 3.82. The summed E-state index contributed by atoms with van der Waals surface area (Å²) in [6.45, 7) is 0.569. The molecular formula is C23H20N4O5. The molecule has 3 heterocycles. The molecule has 9 heteroatoms. The lowest BCUT2D eigenvalue weighted by Gasteiger charge is -2.07. The zero-order chi connectivity index (χ0) is 22.2. The number of carbonyl (C=O) groups is 1. The van der Waals surface area contributed by atoms with E-state index in [0.29, 0.717) is 11.5 Å². The molecule has 0 spiro atoms. The number of rotatable bonds is 5. The first-order chi connectivity index (χ1) is 15.5. The first-order valence-electron chi connectivity index (χ1n) is 10.0. The van der Waals surface area contributed by atoms with Crippen molar-refractivity contribution in [2.45, 2.75) is 13.1 Å². The highest BCUT2D eigenvalue weighted by Gasteiger charge is 2.20. The number of amides is 1. The minimum Gasteiger partial charge on any atom is -0.454 e. The zero-order valence-corrected chi connectivity index (χ0v) is 17.3. The number of aryl methyl sites for hydroxylation is 1. The Bertz CT molecular complexity index is 1450. The molecule has 0 atom stereocenters. The lowest BCUT2D eigenvalue weighted by atomic mass is 10.2. The van der Waals surface area contributed by atoms with Gasteiger partial charge >= 0.3 is 5.69 Å². The summed E-state index contributed by atoms with van der Waals surface area (Å²) in [4.78, 5) is 41.3. The van der Waals surface area contributed by atoms with Crippen LogP contribution >= 0.6 is 0 Å². The molecule has 2 N–H and O–H groups in total. The third kappa shape index (κ3) is 3.43. The van der Waals surface area contributed by atoms with Gasteiger partial charge < -0.3 is 24.3 Å². The van der Waals surface area contributed by atoms with E-state index >= 15 is 0 Å². The normalized spacial score (nSPS) is 12.3. The van der Waals surface area contributed by atoms with Crippen LogP contribution in [0.5, 0.6) is 11.5 Å². The summed E-state index contributed by atoms with van der Waals surface area (Å²) in [5.41, 5.74) is 1.34. The van der Waals surface area contributed by atoms with Gasteiger partial charge in [-0.2, -0.15) is 0 Å². The van der Waals surface area contributed by atoms with Crippen LogP contribution in [-0.4, -0.2) is 26.8 Å². The van der Waals surface area contributed by atoms with Gasteiger partial charge in [-0.25, -0.2) is 4.79 Å². The van der Waals surface area contributed by atoms with Crippen molar-refractivity contribution in [2.24, 2.45) is 7.05 Å². The number of H-pyrrole nitrogens is 1. The van der Waals surface area contributed by atoms with E-state index in [0.717, 1.165) is 15.7 Å². The monoisotopic (exact) mass is 432 g/mol. The molecule has 32 heavy (non-hydrogen) atoms. The average Bonchev–Trinajstić information content (AvgIpc) is 3.39. The summed E-state index contributed by atoms with van der Waals surface area (Å²) in [7, 11) is 1.67. The van der Waals surface area contributed by atoms with Crippen LogP contribution in [0.25, 0.3) is 11.0 Å². The van der Waals surface area contributed by atoms with Crippen LogP contribution in [0.1, 0.15) is 21.5 Å². The van der Waals surface area contributed by atoms with Gasteiger partial charge in [0.05, 0.1) is 17.6 Å². The number of nitrogens with one attached hydrogen (secondary N) is 2. The maximum absolute atomic E-state index is 13.1. The van der Waals surface area contributed by atoms with Crippen LogP contribution in [0.2, 0.25) is 0 Å². The summed E-state index contributed by atoms with van der Waals surface area (Å²) in [6.07, 6.45) is 1.55. The van der Waals surface area contributed by atoms with Crippen molar-refractivity contribution in [1.82, 2.24) is 19.4 Å².